The Balaban J connectivity index is 1.55. The van der Waals surface area contributed by atoms with Gasteiger partial charge in [-0.1, -0.05) is 29.3 Å². The molecule has 174 valence electrons. The zero-order chi connectivity index (χ0) is 23.8. The maximum atomic E-state index is 12.3. The molecule has 1 saturated heterocycles. The van der Waals surface area contributed by atoms with Crippen LogP contribution in [0.1, 0.15) is 0 Å². The average molecular weight is 496 g/mol. The first-order valence-electron chi connectivity index (χ1n) is 10.9. The molecular weight excluding hydrogens is 473 g/mol. The first-order valence-corrected chi connectivity index (χ1v) is 11.7. The first-order chi connectivity index (χ1) is 16.4. The maximum absolute atomic E-state index is 12.3. The number of hydrogen-bond acceptors (Lipinski definition) is 5. The molecule has 5 rings (SSSR count). The number of benzene rings is 2. The van der Waals surface area contributed by atoms with E-state index in [0.717, 1.165) is 37.6 Å². The Morgan fingerprint density at radius 3 is 2.32 bits per heavy atom. The minimum Gasteiger partial charge on any atom is -0.507 e. The fraction of sp³-hybridized carbons (Fsp3) is 0.200. The summed E-state index contributed by atoms with van der Waals surface area (Å²) in [5.74, 6) is 0.961. The van der Waals surface area contributed by atoms with Crippen LogP contribution < -0.4 is 15.9 Å². The Morgan fingerprint density at radius 1 is 0.971 bits per heavy atom. The summed E-state index contributed by atoms with van der Waals surface area (Å²) in [5, 5.41) is 15.5. The van der Waals surface area contributed by atoms with Crippen LogP contribution in [0.4, 0.5) is 5.82 Å². The van der Waals surface area contributed by atoms with Crippen molar-refractivity contribution in [2.75, 3.05) is 31.1 Å². The van der Waals surface area contributed by atoms with Gasteiger partial charge in [0.1, 0.15) is 11.6 Å². The molecule has 0 spiro atoms. The second kappa shape index (κ2) is 9.18. The molecule has 1 aliphatic rings. The van der Waals surface area contributed by atoms with E-state index < -0.39 is 0 Å². The van der Waals surface area contributed by atoms with Gasteiger partial charge in [0.15, 0.2) is 0 Å². The predicted octanol–water partition coefficient (Wildman–Crippen LogP) is 4.33. The molecule has 0 bridgehead atoms. The van der Waals surface area contributed by atoms with E-state index in [9.17, 15) is 9.90 Å². The SMILES string of the molecule is Cn1ccn(-c2ccc(-c3cc(Cl)cc(-c4ccnc(N5CCNCC5)c4)c3O)cc2Cl)c1=O. The van der Waals surface area contributed by atoms with Crippen molar-refractivity contribution in [1.29, 1.82) is 0 Å². The molecule has 0 unspecified atom stereocenters. The van der Waals surface area contributed by atoms with Gasteiger partial charge in [0, 0.05) is 68.0 Å². The molecule has 0 atom stereocenters. The number of nitrogens with one attached hydrogen (secondary N) is 1. The van der Waals surface area contributed by atoms with Crippen molar-refractivity contribution < 1.29 is 5.11 Å². The molecule has 34 heavy (non-hydrogen) atoms. The van der Waals surface area contributed by atoms with Crippen LogP contribution in [0.3, 0.4) is 0 Å². The molecule has 0 amide bonds. The van der Waals surface area contributed by atoms with Gasteiger partial charge in [-0.15, -0.1) is 0 Å². The Morgan fingerprint density at radius 2 is 1.68 bits per heavy atom. The highest BCUT2D eigenvalue weighted by Crippen LogP contribution is 2.42. The lowest BCUT2D eigenvalue weighted by Crippen LogP contribution is -2.43. The van der Waals surface area contributed by atoms with Crippen molar-refractivity contribution in [2.24, 2.45) is 7.05 Å². The Bertz CT molecular complexity index is 1420. The van der Waals surface area contributed by atoms with E-state index in [1.807, 2.05) is 18.2 Å². The molecule has 1 aliphatic heterocycles. The van der Waals surface area contributed by atoms with Gasteiger partial charge < -0.3 is 19.9 Å². The maximum Gasteiger partial charge on any atom is 0.332 e. The minimum atomic E-state index is -0.194. The topological polar surface area (TPSA) is 75.3 Å². The molecule has 2 N–H and O–H groups in total. The number of nitrogens with zero attached hydrogens (tertiary/aromatic N) is 4. The van der Waals surface area contributed by atoms with Crippen LogP contribution in [0.5, 0.6) is 5.75 Å². The van der Waals surface area contributed by atoms with Crippen molar-refractivity contribution in [3.63, 3.8) is 0 Å². The molecule has 4 aromatic rings. The Kier molecular flexibility index (Phi) is 6.08. The lowest BCUT2D eigenvalue weighted by atomic mass is 9.97. The van der Waals surface area contributed by atoms with E-state index in [-0.39, 0.29) is 11.4 Å². The van der Waals surface area contributed by atoms with Crippen LogP contribution >= 0.6 is 23.2 Å². The molecule has 3 heterocycles. The van der Waals surface area contributed by atoms with Gasteiger partial charge >= 0.3 is 5.69 Å². The third kappa shape index (κ3) is 4.18. The Hall–Kier alpha value is -3.26. The van der Waals surface area contributed by atoms with E-state index >= 15 is 0 Å². The number of halogens is 2. The largest absolute Gasteiger partial charge is 0.507 e. The lowest BCUT2D eigenvalue weighted by molar-refractivity contribution is 0.479. The van der Waals surface area contributed by atoms with Gasteiger partial charge in [0.2, 0.25) is 0 Å². The van der Waals surface area contributed by atoms with Crippen LogP contribution in [-0.4, -0.2) is 45.4 Å². The van der Waals surface area contributed by atoms with Crippen LogP contribution in [-0.2, 0) is 7.05 Å². The van der Waals surface area contributed by atoms with Gasteiger partial charge in [-0.05, 0) is 47.5 Å². The third-order valence-corrected chi connectivity index (χ3v) is 6.56. The number of anilines is 1. The fourth-order valence-electron chi connectivity index (χ4n) is 4.21. The molecule has 9 heteroatoms. The highest BCUT2D eigenvalue weighted by Gasteiger charge is 2.17. The second-order valence-electron chi connectivity index (χ2n) is 8.22. The van der Waals surface area contributed by atoms with Crippen molar-refractivity contribution in [3.8, 4) is 33.7 Å². The van der Waals surface area contributed by atoms with Gasteiger partial charge in [-0.3, -0.25) is 4.57 Å². The van der Waals surface area contributed by atoms with E-state index in [0.29, 0.717) is 32.4 Å². The smallest absolute Gasteiger partial charge is 0.332 e. The van der Waals surface area contributed by atoms with Crippen molar-refractivity contribution in [1.82, 2.24) is 19.4 Å². The summed E-state index contributed by atoms with van der Waals surface area (Å²) in [7, 11) is 1.68. The number of rotatable bonds is 4. The predicted molar refractivity (Wildman–Crippen MR) is 136 cm³/mol. The minimum absolute atomic E-state index is 0.0996. The van der Waals surface area contributed by atoms with Gasteiger partial charge in [-0.2, -0.15) is 0 Å². The second-order valence-corrected chi connectivity index (χ2v) is 9.06. The summed E-state index contributed by atoms with van der Waals surface area (Å²) in [6, 6.07) is 12.6. The first kappa shape index (κ1) is 22.5. The molecule has 0 saturated carbocycles. The number of aromatic hydroxyl groups is 1. The van der Waals surface area contributed by atoms with Crippen molar-refractivity contribution in [2.45, 2.75) is 0 Å². The standard InChI is InChI=1S/C25H23Cl2N5O2/c1-30-10-11-32(25(30)34)22-3-2-16(12-21(22)27)19-14-18(26)15-20(24(19)33)17-4-5-29-23(13-17)31-8-6-28-7-9-31/h2-5,10-15,28,33H,6-9H2,1H3. The van der Waals surface area contributed by atoms with Crippen LogP contribution in [0, 0.1) is 0 Å². The number of phenolic OH excluding ortho intramolecular Hbond substituents is 1. The zero-order valence-electron chi connectivity index (χ0n) is 18.5. The number of hydrogen-bond donors (Lipinski definition) is 2. The zero-order valence-corrected chi connectivity index (χ0v) is 20.0. The van der Waals surface area contributed by atoms with Crippen LogP contribution in [0.25, 0.3) is 27.9 Å². The van der Waals surface area contributed by atoms with Crippen LogP contribution in [0.2, 0.25) is 10.0 Å². The normalized spacial score (nSPS) is 13.9. The molecule has 7 nitrogen and oxygen atoms in total. The number of piperazine rings is 1. The lowest BCUT2D eigenvalue weighted by Gasteiger charge is -2.28. The summed E-state index contributed by atoms with van der Waals surface area (Å²) in [4.78, 5) is 19.0. The van der Waals surface area contributed by atoms with Crippen molar-refractivity contribution >= 4 is 29.0 Å². The average Bonchev–Trinajstić information content (AvgIpc) is 3.18. The van der Waals surface area contributed by atoms with Crippen molar-refractivity contribution in [3.05, 3.63) is 81.6 Å². The molecule has 0 aliphatic carbocycles. The molecule has 2 aromatic carbocycles. The van der Waals surface area contributed by atoms with Gasteiger partial charge in [0.05, 0.1) is 10.7 Å². The molecule has 1 fully saturated rings. The monoisotopic (exact) mass is 495 g/mol. The van der Waals surface area contributed by atoms with E-state index in [4.69, 9.17) is 23.2 Å². The van der Waals surface area contributed by atoms with E-state index in [1.165, 1.54) is 9.13 Å². The number of pyridine rings is 1. The number of aryl methyl sites for hydroxylation is 1. The summed E-state index contributed by atoms with van der Waals surface area (Å²) >= 11 is 13.0. The van der Waals surface area contributed by atoms with E-state index in [1.54, 1.807) is 49.9 Å². The van der Waals surface area contributed by atoms with Gasteiger partial charge in [0.25, 0.3) is 0 Å². The highest BCUT2D eigenvalue weighted by atomic mass is 35.5. The Labute approximate surface area is 206 Å². The number of imidazole rings is 1. The van der Waals surface area contributed by atoms with Gasteiger partial charge in [-0.25, -0.2) is 9.78 Å². The summed E-state index contributed by atoms with van der Waals surface area (Å²) in [6.07, 6.45) is 5.08. The third-order valence-electron chi connectivity index (χ3n) is 6.04. The van der Waals surface area contributed by atoms with E-state index in [2.05, 4.69) is 15.2 Å². The molecular formula is C25H23Cl2N5O2. The highest BCUT2D eigenvalue weighted by molar-refractivity contribution is 6.33. The summed E-state index contributed by atoms with van der Waals surface area (Å²) in [6.45, 7) is 3.56. The summed E-state index contributed by atoms with van der Waals surface area (Å²) < 4.78 is 2.95. The molecule has 0 radical (unpaired) electrons. The molecule has 2 aromatic heterocycles. The number of phenols is 1. The summed E-state index contributed by atoms with van der Waals surface area (Å²) in [5.41, 5.74) is 3.05. The quantitative estimate of drug-likeness (QED) is 0.440. The number of aromatic nitrogens is 3. The fourth-order valence-corrected chi connectivity index (χ4v) is 4.70. The van der Waals surface area contributed by atoms with Crippen LogP contribution in [0.15, 0.2) is 65.8 Å².